The van der Waals surface area contributed by atoms with Crippen LogP contribution in [0.2, 0.25) is 0 Å². The van der Waals surface area contributed by atoms with E-state index in [0.717, 1.165) is 0 Å². The van der Waals surface area contributed by atoms with Gasteiger partial charge in [-0.3, -0.25) is 4.79 Å². The first kappa shape index (κ1) is 15.7. The Hall–Kier alpha value is -3.20. The standard InChI is InChI=1S/C18H16N2O4/c1-22-15-7-3-2-5-12(15)14(11-19)20-18(21)13-6-4-8-16-17(13)24-10-9-23-16/h2-8,14H,9-10H2,1H3,(H,20,21). The van der Waals surface area contributed by atoms with Crippen LogP contribution in [0.3, 0.4) is 0 Å². The largest absolute Gasteiger partial charge is 0.496 e. The summed E-state index contributed by atoms with van der Waals surface area (Å²) in [6.45, 7) is 0.825. The van der Waals surface area contributed by atoms with Gasteiger partial charge in [0.25, 0.3) is 5.91 Å². The van der Waals surface area contributed by atoms with Gasteiger partial charge in [0, 0.05) is 5.56 Å². The predicted molar refractivity (Wildman–Crippen MR) is 86.2 cm³/mol. The lowest BCUT2D eigenvalue weighted by molar-refractivity contribution is 0.0933. The average Bonchev–Trinajstić information content (AvgIpc) is 2.65. The summed E-state index contributed by atoms with van der Waals surface area (Å²) in [5.41, 5.74) is 0.931. The fourth-order valence-corrected chi connectivity index (χ4v) is 2.55. The van der Waals surface area contributed by atoms with Crippen LogP contribution in [-0.4, -0.2) is 26.2 Å². The van der Waals surface area contributed by atoms with E-state index < -0.39 is 11.9 Å². The molecule has 0 aromatic heterocycles. The number of para-hydroxylation sites is 2. The van der Waals surface area contributed by atoms with Gasteiger partial charge in [-0.05, 0) is 18.2 Å². The van der Waals surface area contributed by atoms with Gasteiger partial charge < -0.3 is 19.5 Å². The first-order valence-electron chi connectivity index (χ1n) is 7.46. The molecule has 1 unspecified atom stereocenters. The third-order valence-electron chi connectivity index (χ3n) is 3.67. The third-order valence-corrected chi connectivity index (χ3v) is 3.67. The Morgan fingerprint density at radius 3 is 2.79 bits per heavy atom. The Morgan fingerprint density at radius 2 is 2.00 bits per heavy atom. The number of amides is 1. The van der Waals surface area contributed by atoms with Gasteiger partial charge >= 0.3 is 0 Å². The summed E-state index contributed by atoms with van der Waals surface area (Å²) in [4.78, 5) is 12.6. The Morgan fingerprint density at radius 1 is 1.21 bits per heavy atom. The number of carbonyl (C=O) groups is 1. The maximum atomic E-state index is 12.6. The summed E-state index contributed by atoms with van der Waals surface area (Å²) in [7, 11) is 1.52. The maximum absolute atomic E-state index is 12.6. The number of nitrogens with zero attached hydrogens (tertiary/aromatic N) is 1. The molecule has 0 saturated heterocycles. The number of carbonyl (C=O) groups excluding carboxylic acids is 1. The van der Waals surface area contributed by atoms with Gasteiger partial charge in [0.15, 0.2) is 11.5 Å². The molecular formula is C18H16N2O4. The Bertz CT molecular complexity index is 798. The average molecular weight is 324 g/mol. The molecule has 1 aliphatic rings. The second kappa shape index (κ2) is 6.92. The second-order valence-corrected chi connectivity index (χ2v) is 5.11. The minimum absolute atomic E-state index is 0.336. The van der Waals surface area contributed by atoms with Crippen LogP contribution in [0, 0.1) is 11.3 Å². The van der Waals surface area contributed by atoms with Gasteiger partial charge in [-0.2, -0.15) is 5.26 Å². The van der Waals surface area contributed by atoms with Crippen molar-refractivity contribution < 1.29 is 19.0 Å². The number of rotatable bonds is 4. The normalized spacial score (nSPS) is 13.5. The van der Waals surface area contributed by atoms with Crippen molar-refractivity contribution in [2.24, 2.45) is 0 Å². The molecule has 0 bridgehead atoms. The molecule has 1 N–H and O–H groups in total. The summed E-state index contributed by atoms with van der Waals surface area (Å²) >= 11 is 0. The van der Waals surface area contributed by atoms with E-state index in [1.807, 2.05) is 0 Å². The summed E-state index contributed by atoms with van der Waals surface area (Å²) in [5, 5.41) is 12.2. The summed E-state index contributed by atoms with van der Waals surface area (Å²) in [5.74, 6) is 1.06. The first-order chi connectivity index (χ1) is 11.7. The topological polar surface area (TPSA) is 80.6 Å². The molecular weight excluding hydrogens is 308 g/mol. The van der Waals surface area contributed by atoms with E-state index in [9.17, 15) is 10.1 Å². The summed E-state index contributed by atoms with van der Waals surface area (Å²) < 4.78 is 16.3. The molecule has 6 nitrogen and oxygen atoms in total. The lowest BCUT2D eigenvalue weighted by atomic mass is 10.1. The Kier molecular flexibility index (Phi) is 4.52. The van der Waals surface area contributed by atoms with Gasteiger partial charge in [-0.1, -0.05) is 24.3 Å². The van der Waals surface area contributed by atoms with E-state index in [-0.39, 0.29) is 0 Å². The highest BCUT2D eigenvalue weighted by molar-refractivity contribution is 5.98. The molecule has 0 saturated carbocycles. The lowest BCUT2D eigenvalue weighted by Gasteiger charge is -2.21. The molecule has 0 aliphatic carbocycles. The molecule has 3 rings (SSSR count). The zero-order valence-electron chi connectivity index (χ0n) is 13.1. The number of hydrogen-bond donors (Lipinski definition) is 1. The second-order valence-electron chi connectivity index (χ2n) is 5.11. The molecule has 2 aromatic carbocycles. The number of nitriles is 1. The van der Waals surface area contributed by atoms with Crippen LogP contribution in [0.5, 0.6) is 17.2 Å². The van der Waals surface area contributed by atoms with Gasteiger partial charge in [-0.25, -0.2) is 0 Å². The maximum Gasteiger partial charge on any atom is 0.256 e. The number of fused-ring (bicyclic) bond motifs is 1. The highest BCUT2D eigenvalue weighted by Gasteiger charge is 2.24. The van der Waals surface area contributed by atoms with Crippen LogP contribution in [-0.2, 0) is 0 Å². The van der Waals surface area contributed by atoms with Gasteiger partial charge in [0.05, 0.1) is 18.7 Å². The van der Waals surface area contributed by atoms with Gasteiger partial charge in [0.2, 0.25) is 0 Å². The molecule has 0 fully saturated rings. The molecule has 1 amide bonds. The Balaban J connectivity index is 1.87. The molecule has 0 radical (unpaired) electrons. The van der Waals surface area contributed by atoms with Gasteiger partial charge in [-0.15, -0.1) is 0 Å². The van der Waals surface area contributed by atoms with Gasteiger partial charge in [0.1, 0.15) is 25.0 Å². The Labute approximate surface area is 139 Å². The number of nitrogens with one attached hydrogen (secondary N) is 1. The van der Waals surface area contributed by atoms with Crippen molar-refractivity contribution in [2.45, 2.75) is 6.04 Å². The van der Waals surface area contributed by atoms with E-state index in [0.29, 0.717) is 41.6 Å². The fourth-order valence-electron chi connectivity index (χ4n) is 2.55. The van der Waals surface area contributed by atoms with Crippen LogP contribution in [0.4, 0.5) is 0 Å². The SMILES string of the molecule is COc1ccccc1C(C#N)NC(=O)c1cccc2c1OCCO2. The molecule has 122 valence electrons. The van der Waals surface area contributed by atoms with Crippen molar-refractivity contribution in [3.63, 3.8) is 0 Å². The van der Waals surface area contributed by atoms with Crippen molar-refractivity contribution in [1.82, 2.24) is 5.32 Å². The molecule has 2 aromatic rings. The van der Waals surface area contributed by atoms with Crippen LogP contribution in [0.25, 0.3) is 0 Å². The number of hydrogen-bond acceptors (Lipinski definition) is 5. The fraction of sp³-hybridized carbons (Fsp3) is 0.222. The number of benzene rings is 2. The van der Waals surface area contributed by atoms with E-state index in [1.54, 1.807) is 42.5 Å². The summed E-state index contributed by atoms with van der Waals surface area (Å²) in [6, 6.07) is 13.4. The van der Waals surface area contributed by atoms with E-state index in [1.165, 1.54) is 7.11 Å². The van der Waals surface area contributed by atoms with Crippen molar-refractivity contribution in [2.75, 3.05) is 20.3 Å². The molecule has 0 spiro atoms. The molecule has 1 aliphatic heterocycles. The molecule has 1 atom stereocenters. The smallest absolute Gasteiger partial charge is 0.256 e. The van der Waals surface area contributed by atoms with Crippen molar-refractivity contribution in [1.29, 1.82) is 5.26 Å². The van der Waals surface area contributed by atoms with Crippen LogP contribution in [0.1, 0.15) is 22.0 Å². The third kappa shape index (κ3) is 2.97. The van der Waals surface area contributed by atoms with Crippen molar-refractivity contribution in [3.05, 3.63) is 53.6 Å². The minimum atomic E-state index is -0.839. The molecule has 24 heavy (non-hydrogen) atoms. The monoisotopic (exact) mass is 324 g/mol. The first-order valence-corrected chi connectivity index (χ1v) is 7.46. The highest BCUT2D eigenvalue weighted by atomic mass is 16.6. The quantitative estimate of drug-likeness (QED) is 0.934. The minimum Gasteiger partial charge on any atom is -0.496 e. The highest BCUT2D eigenvalue weighted by Crippen LogP contribution is 2.34. The van der Waals surface area contributed by atoms with E-state index in [2.05, 4.69) is 11.4 Å². The summed E-state index contributed by atoms with van der Waals surface area (Å²) in [6.07, 6.45) is 0. The lowest BCUT2D eigenvalue weighted by Crippen LogP contribution is -2.29. The predicted octanol–water partition coefficient (Wildman–Crippen LogP) is 2.46. The number of ether oxygens (including phenoxy) is 3. The van der Waals surface area contributed by atoms with Crippen molar-refractivity contribution >= 4 is 5.91 Å². The zero-order valence-corrected chi connectivity index (χ0v) is 13.1. The van der Waals surface area contributed by atoms with E-state index >= 15 is 0 Å². The zero-order chi connectivity index (χ0) is 16.9. The van der Waals surface area contributed by atoms with Crippen LogP contribution >= 0.6 is 0 Å². The number of methoxy groups -OCH3 is 1. The molecule has 6 heteroatoms. The molecule has 1 heterocycles. The van der Waals surface area contributed by atoms with Crippen molar-refractivity contribution in [3.8, 4) is 23.3 Å². The van der Waals surface area contributed by atoms with Crippen LogP contribution in [0.15, 0.2) is 42.5 Å². The van der Waals surface area contributed by atoms with Crippen LogP contribution < -0.4 is 19.5 Å². The van der Waals surface area contributed by atoms with E-state index in [4.69, 9.17) is 14.2 Å².